The first-order chi connectivity index (χ1) is 9.71. The van der Waals surface area contributed by atoms with Crippen molar-refractivity contribution >= 4 is 0 Å². The van der Waals surface area contributed by atoms with E-state index in [9.17, 15) is 4.79 Å². The normalized spacial score (nSPS) is 10.3. The molecule has 20 heavy (non-hydrogen) atoms. The maximum Gasteiger partial charge on any atom is 0.255 e. The number of ether oxygens (including phenoxy) is 2. The number of rotatable bonds is 5. The summed E-state index contributed by atoms with van der Waals surface area (Å²) in [4.78, 5) is 16.4. The molecular formula is C14H17N3O3. The lowest BCUT2D eigenvalue weighted by Crippen LogP contribution is -2.25. The number of nitrogens with zero attached hydrogens (tertiary/aromatic N) is 2. The van der Waals surface area contributed by atoms with Crippen molar-refractivity contribution in [2.24, 2.45) is 5.73 Å². The van der Waals surface area contributed by atoms with Crippen molar-refractivity contribution in [1.29, 1.82) is 0 Å². The fourth-order valence-electron chi connectivity index (χ4n) is 1.99. The molecule has 6 heteroatoms. The molecule has 0 amide bonds. The molecule has 0 unspecified atom stereocenters. The molecule has 0 radical (unpaired) electrons. The average Bonchev–Trinajstić information content (AvgIpc) is 2.49. The molecule has 6 nitrogen and oxygen atoms in total. The number of aromatic nitrogens is 2. The molecule has 0 spiro atoms. The quantitative estimate of drug-likeness (QED) is 0.871. The third-order valence-corrected chi connectivity index (χ3v) is 3.01. The minimum Gasteiger partial charge on any atom is -0.493 e. The fourth-order valence-corrected chi connectivity index (χ4v) is 1.99. The van der Waals surface area contributed by atoms with Crippen LogP contribution in [0.5, 0.6) is 11.5 Å². The van der Waals surface area contributed by atoms with Gasteiger partial charge in [0.05, 0.1) is 20.8 Å². The van der Waals surface area contributed by atoms with Crippen molar-refractivity contribution in [1.82, 2.24) is 9.55 Å². The Balaban J connectivity index is 2.43. The maximum atomic E-state index is 12.1. The highest BCUT2D eigenvalue weighted by atomic mass is 16.5. The van der Waals surface area contributed by atoms with Crippen LogP contribution in [0.4, 0.5) is 0 Å². The summed E-state index contributed by atoms with van der Waals surface area (Å²) in [5.41, 5.74) is 6.61. The van der Waals surface area contributed by atoms with Gasteiger partial charge in [-0.25, -0.2) is 0 Å². The van der Waals surface area contributed by atoms with Crippen LogP contribution < -0.4 is 20.8 Å². The van der Waals surface area contributed by atoms with Crippen LogP contribution in [0.3, 0.4) is 0 Å². The maximum absolute atomic E-state index is 12.1. The molecule has 0 aromatic carbocycles. The Labute approximate surface area is 116 Å². The Bertz CT molecular complexity index is 652. The van der Waals surface area contributed by atoms with Gasteiger partial charge in [-0.1, -0.05) is 6.07 Å². The van der Waals surface area contributed by atoms with Gasteiger partial charge in [-0.05, 0) is 6.07 Å². The topological polar surface area (TPSA) is 79.4 Å². The van der Waals surface area contributed by atoms with Gasteiger partial charge in [-0.15, -0.1) is 0 Å². The second-order valence-electron chi connectivity index (χ2n) is 4.16. The van der Waals surface area contributed by atoms with Crippen molar-refractivity contribution < 1.29 is 9.47 Å². The van der Waals surface area contributed by atoms with E-state index in [-0.39, 0.29) is 12.1 Å². The predicted octanol–water partition coefficient (Wildman–Crippen LogP) is 0.767. The molecule has 2 rings (SSSR count). The van der Waals surface area contributed by atoms with Gasteiger partial charge in [-0.2, -0.15) is 0 Å². The molecule has 0 aliphatic heterocycles. The summed E-state index contributed by atoms with van der Waals surface area (Å²) < 4.78 is 12.1. The molecule has 2 heterocycles. The van der Waals surface area contributed by atoms with E-state index < -0.39 is 0 Å². The number of methoxy groups -OCH3 is 2. The molecular weight excluding hydrogens is 258 g/mol. The zero-order valence-corrected chi connectivity index (χ0v) is 11.5. The van der Waals surface area contributed by atoms with Crippen molar-refractivity contribution in [3.05, 3.63) is 52.2 Å². The van der Waals surface area contributed by atoms with E-state index in [4.69, 9.17) is 15.2 Å². The minimum atomic E-state index is -0.123. The molecule has 0 aliphatic carbocycles. The Morgan fingerprint density at radius 1 is 1.30 bits per heavy atom. The molecule has 2 aromatic heterocycles. The van der Waals surface area contributed by atoms with Crippen molar-refractivity contribution in [2.45, 2.75) is 13.1 Å². The van der Waals surface area contributed by atoms with Crippen LogP contribution in [0.1, 0.15) is 11.3 Å². The summed E-state index contributed by atoms with van der Waals surface area (Å²) in [6.45, 7) is 0.509. The predicted molar refractivity (Wildman–Crippen MR) is 75.0 cm³/mol. The molecule has 0 saturated carbocycles. The van der Waals surface area contributed by atoms with Gasteiger partial charge in [0.15, 0.2) is 11.5 Å². The minimum absolute atomic E-state index is 0.123. The molecule has 0 saturated heterocycles. The Morgan fingerprint density at radius 2 is 2.10 bits per heavy atom. The second kappa shape index (κ2) is 6.21. The Hall–Kier alpha value is -2.34. The van der Waals surface area contributed by atoms with Gasteiger partial charge < -0.3 is 19.8 Å². The van der Waals surface area contributed by atoms with Gasteiger partial charge in [0, 0.05) is 30.6 Å². The van der Waals surface area contributed by atoms with Gasteiger partial charge in [-0.3, -0.25) is 9.78 Å². The van der Waals surface area contributed by atoms with Crippen LogP contribution in [-0.2, 0) is 13.1 Å². The van der Waals surface area contributed by atoms with Gasteiger partial charge in [0.2, 0.25) is 0 Å². The number of nitrogens with two attached hydrogens (primary N) is 1. The lowest BCUT2D eigenvalue weighted by atomic mass is 10.2. The first-order valence-corrected chi connectivity index (χ1v) is 6.15. The zero-order valence-electron chi connectivity index (χ0n) is 11.5. The second-order valence-corrected chi connectivity index (χ2v) is 4.16. The summed E-state index contributed by atoms with van der Waals surface area (Å²) in [5.74, 6) is 1.11. The van der Waals surface area contributed by atoms with E-state index in [1.807, 2.05) is 0 Å². The third kappa shape index (κ3) is 2.65. The van der Waals surface area contributed by atoms with E-state index in [0.717, 1.165) is 0 Å². The number of hydrogen-bond donors (Lipinski definition) is 1. The van der Waals surface area contributed by atoms with Gasteiger partial charge >= 0.3 is 0 Å². The largest absolute Gasteiger partial charge is 0.493 e. The summed E-state index contributed by atoms with van der Waals surface area (Å²) in [7, 11) is 3.10. The van der Waals surface area contributed by atoms with E-state index in [1.165, 1.54) is 0 Å². The van der Waals surface area contributed by atoms with Gasteiger partial charge in [0.1, 0.15) is 5.69 Å². The Morgan fingerprint density at radius 3 is 2.75 bits per heavy atom. The smallest absolute Gasteiger partial charge is 0.255 e. The van der Waals surface area contributed by atoms with E-state index >= 15 is 0 Å². The van der Waals surface area contributed by atoms with Crippen LogP contribution in [0.25, 0.3) is 0 Å². The summed E-state index contributed by atoms with van der Waals surface area (Å²) >= 11 is 0. The van der Waals surface area contributed by atoms with E-state index in [0.29, 0.717) is 29.3 Å². The monoisotopic (exact) mass is 275 g/mol. The van der Waals surface area contributed by atoms with Gasteiger partial charge in [0.25, 0.3) is 5.56 Å². The van der Waals surface area contributed by atoms with E-state index in [2.05, 4.69) is 4.98 Å². The zero-order chi connectivity index (χ0) is 14.5. The van der Waals surface area contributed by atoms with Crippen LogP contribution >= 0.6 is 0 Å². The van der Waals surface area contributed by atoms with Crippen LogP contribution in [0.15, 0.2) is 35.4 Å². The average molecular weight is 275 g/mol. The highest BCUT2D eigenvalue weighted by molar-refractivity contribution is 5.42. The summed E-state index contributed by atoms with van der Waals surface area (Å²) in [6.07, 6.45) is 3.32. The SMILES string of the molecule is COc1ccnc(Cn2cccc(CN)c2=O)c1OC. The first-order valence-electron chi connectivity index (χ1n) is 6.15. The van der Waals surface area contributed by atoms with Crippen molar-refractivity contribution in [2.75, 3.05) is 14.2 Å². The lowest BCUT2D eigenvalue weighted by Gasteiger charge is -2.13. The van der Waals surface area contributed by atoms with E-state index in [1.54, 1.807) is 49.4 Å². The summed E-state index contributed by atoms with van der Waals surface area (Å²) in [6, 6.07) is 5.22. The van der Waals surface area contributed by atoms with Crippen molar-refractivity contribution in [3.8, 4) is 11.5 Å². The molecule has 0 fully saturated rings. The Kier molecular flexibility index (Phi) is 4.37. The standard InChI is InChI=1S/C14H17N3O3/c1-19-12-5-6-16-11(13(12)20-2)9-17-7-3-4-10(8-15)14(17)18/h3-7H,8-9,15H2,1-2H3. The fraction of sp³-hybridized carbons (Fsp3) is 0.286. The molecule has 106 valence electrons. The lowest BCUT2D eigenvalue weighted by molar-refractivity contribution is 0.348. The number of hydrogen-bond acceptors (Lipinski definition) is 5. The summed E-state index contributed by atoms with van der Waals surface area (Å²) in [5, 5.41) is 0. The van der Waals surface area contributed by atoms with Crippen LogP contribution in [0, 0.1) is 0 Å². The highest BCUT2D eigenvalue weighted by Crippen LogP contribution is 2.29. The van der Waals surface area contributed by atoms with Crippen molar-refractivity contribution in [3.63, 3.8) is 0 Å². The number of pyridine rings is 2. The third-order valence-electron chi connectivity index (χ3n) is 3.01. The van der Waals surface area contributed by atoms with Crippen LogP contribution in [0.2, 0.25) is 0 Å². The highest BCUT2D eigenvalue weighted by Gasteiger charge is 2.12. The molecule has 0 aliphatic rings. The van der Waals surface area contributed by atoms with Crippen LogP contribution in [-0.4, -0.2) is 23.8 Å². The molecule has 2 aromatic rings. The molecule has 0 atom stereocenters. The molecule has 2 N–H and O–H groups in total. The molecule has 0 bridgehead atoms. The first kappa shape index (κ1) is 14.1.